The molecule has 0 N–H and O–H groups in total. The lowest BCUT2D eigenvalue weighted by Crippen LogP contribution is -1.89. The van der Waals surface area contributed by atoms with E-state index < -0.39 is 0 Å². The first-order valence-corrected chi connectivity index (χ1v) is 5.57. The lowest BCUT2D eigenvalue weighted by atomic mass is 10.1. The average Bonchev–Trinajstić information content (AvgIpc) is 2.04. The van der Waals surface area contributed by atoms with Crippen molar-refractivity contribution < 1.29 is 0 Å². The number of halogens is 2. The van der Waals surface area contributed by atoms with Gasteiger partial charge in [-0.05, 0) is 18.1 Å². The zero-order chi connectivity index (χ0) is 8.27. The topological polar surface area (TPSA) is 0 Å². The van der Waals surface area contributed by atoms with Crippen LogP contribution in [0.1, 0.15) is 22.9 Å². The van der Waals surface area contributed by atoms with Gasteiger partial charge in [0.2, 0.25) is 0 Å². The van der Waals surface area contributed by atoms with Crippen molar-refractivity contribution in [2.75, 3.05) is 0 Å². The van der Waals surface area contributed by atoms with Gasteiger partial charge in [0.25, 0.3) is 0 Å². The summed E-state index contributed by atoms with van der Waals surface area (Å²) in [6, 6.07) is 8.42. The third-order valence-electron chi connectivity index (χ3n) is 1.63. The van der Waals surface area contributed by atoms with Crippen LogP contribution in [0.3, 0.4) is 0 Å². The fourth-order valence-corrected chi connectivity index (χ4v) is 2.00. The van der Waals surface area contributed by atoms with Crippen molar-refractivity contribution in [2.45, 2.75) is 17.1 Å². The van der Waals surface area contributed by atoms with E-state index in [4.69, 9.17) is 0 Å². The van der Waals surface area contributed by atoms with Crippen LogP contribution in [-0.2, 0) is 5.33 Å². The van der Waals surface area contributed by atoms with Gasteiger partial charge in [-0.25, -0.2) is 0 Å². The Morgan fingerprint density at radius 1 is 1.36 bits per heavy atom. The summed E-state index contributed by atoms with van der Waals surface area (Å²) in [7, 11) is 0. The molecule has 1 aromatic carbocycles. The molecule has 0 fully saturated rings. The third kappa shape index (κ3) is 2.31. The van der Waals surface area contributed by atoms with Crippen molar-refractivity contribution in [3.05, 3.63) is 35.4 Å². The molecule has 0 aliphatic heterocycles. The largest absolute Gasteiger partial charge is 0.0876 e. The molecular weight excluding hydrogens is 268 g/mol. The van der Waals surface area contributed by atoms with Crippen LogP contribution < -0.4 is 0 Å². The fraction of sp³-hybridized carbons (Fsp3) is 0.333. The Balaban J connectivity index is 3.02. The second-order valence-corrected chi connectivity index (χ2v) is 4.38. The van der Waals surface area contributed by atoms with E-state index in [-0.39, 0.29) is 0 Å². The van der Waals surface area contributed by atoms with Crippen LogP contribution in [0.5, 0.6) is 0 Å². The Labute approximate surface area is 84.3 Å². The second-order valence-electron chi connectivity index (χ2n) is 2.45. The summed E-state index contributed by atoms with van der Waals surface area (Å²) in [4.78, 5) is 0.441. The fourth-order valence-electron chi connectivity index (χ4n) is 1.04. The molecule has 0 aromatic heterocycles. The molecule has 1 atom stereocenters. The summed E-state index contributed by atoms with van der Waals surface area (Å²) in [5.41, 5.74) is 2.72. The zero-order valence-corrected chi connectivity index (χ0v) is 9.52. The van der Waals surface area contributed by atoms with Crippen molar-refractivity contribution in [3.8, 4) is 0 Å². The summed E-state index contributed by atoms with van der Waals surface area (Å²) in [5, 5.41) is 0.930. The van der Waals surface area contributed by atoms with Crippen LogP contribution in [0.2, 0.25) is 0 Å². The van der Waals surface area contributed by atoms with Gasteiger partial charge in [-0.3, -0.25) is 0 Å². The van der Waals surface area contributed by atoms with Gasteiger partial charge in [-0.1, -0.05) is 56.1 Å². The number of alkyl halides is 2. The highest BCUT2D eigenvalue weighted by Crippen LogP contribution is 2.26. The maximum atomic E-state index is 3.55. The zero-order valence-electron chi connectivity index (χ0n) is 6.35. The van der Waals surface area contributed by atoms with E-state index in [1.54, 1.807) is 0 Å². The average molecular weight is 278 g/mol. The second kappa shape index (κ2) is 4.27. The number of hydrogen-bond acceptors (Lipinski definition) is 0. The lowest BCUT2D eigenvalue weighted by Gasteiger charge is -2.07. The molecule has 0 radical (unpaired) electrons. The molecule has 0 saturated heterocycles. The monoisotopic (exact) mass is 276 g/mol. The standard InChI is InChI=1S/C9H10Br2/c1-7(11)9-5-3-2-4-8(9)6-10/h2-5,7H,6H2,1H3/t7-/m1/s1. The van der Waals surface area contributed by atoms with Gasteiger partial charge in [-0.2, -0.15) is 0 Å². The van der Waals surface area contributed by atoms with Gasteiger partial charge in [-0.15, -0.1) is 0 Å². The molecule has 1 aromatic rings. The summed E-state index contributed by atoms with van der Waals surface area (Å²) >= 11 is 7.01. The Morgan fingerprint density at radius 2 is 2.00 bits per heavy atom. The SMILES string of the molecule is C[C@@H](Br)c1ccccc1CBr. The Kier molecular flexibility index (Phi) is 3.60. The van der Waals surface area contributed by atoms with Gasteiger partial charge in [0.05, 0.1) is 0 Å². The highest BCUT2D eigenvalue weighted by molar-refractivity contribution is 9.09. The Bertz CT molecular complexity index is 231. The first-order chi connectivity index (χ1) is 5.25. The van der Waals surface area contributed by atoms with Gasteiger partial charge < -0.3 is 0 Å². The number of benzene rings is 1. The van der Waals surface area contributed by atoms with Crippen molar-refractivity contribution in [1.29, 1.82) is 0 Å². The van der Waals surface area contributed by atoms with E-state index in [0.29, 0.717) is 4.83 Å². The van der Waals surface area contributed by atoms with Crippen molar-refractivity contribution in [3.63, 3.8) is 0 Å². The van der Waals surface area contributed by atoms with E-state index in [0.717, 1.165) is 5.33 Å². The van der Waals surface area contributed by atoms with Crippen LogP contribution in [0.4, 0.5) is 0 Å². The van der Waals surface area contributed by atoms with E-state index in [2.05, 4.69) is 63.0 Å². The van der Waals surface area contributed by atoms with Crippen LogP contribution in [0, 0.1) is 0 Å². The van der Waals surface area contributed by atoms with E-state index in [1.807, 2.05) is 0 Å². The number of rotatable bonds is 2. The predicted molar refractivity (Wildman–Crippen MR) is 56.4 cm³/mol. The normalized spacial score (nSPS) is 13.0. The molecule has 2 heteroatoms. The smallest absolute Gasteiger partial charge is 0.0370 e. The summed E-state index contributed by atoms with van der Waals surface area (Å²) < 4.78 is 0. The minimum absolute atomic E-state index is 0.441. The summed E-state index contributed by atoms with van der Waals surface area (Å²) in [6.07, 6.45) is 0. The van der Waals surface area contributed by atoms with Crippen molar-refractivity contribution in [1.82, 2.24) is 0 Å². The molecule has 0 amide bonds. The highest BCUT2D eigenvalue weighted by Gasteiger charge is 2.04. The highest BCUT2D eigenvalue weighted by atomic mass is 79.9. The molecule has 0 aliphatic rings. The van der Waals surface area contributed by atoms with Gasteiger partial charge in [0.15, 0.2) is 0 Å². The molecule has 0 nitrogen and oxygen atoms in total. The molecule has 0 saturated carbocycles. The van der Waals surface area contributed by atoms with Crippen LogP contribution in [-0.4, -0.2) is 0 Å². The first-order valence-electron chi connectivity index (χ1n) is 3.53. The number of hydrogen-bond donors (Lipinski definition) is 0. The van der Waals surface area contributed by atoms with Gasteiger partial charge in [0.1, 0.15) is 0 Å². The molecule has 60 valence electrons. The minimum atomic E-state index is 0.441. The molecule has 11 heavy (non-hydrogen) atoms. The van der Waals surface area contributed by atoms with Crippen LogP contribution in [0.15, 0.2) is 24.3 Å². The first kappa shape index (κ1) is 9.27. The Morgan fingerprint density at radius 3 is 2.45 bits per heavy atom. The van der Waals surface area contributed by atoms with Crippen molar-refractivity contribution >= 4 is 31.9 Å². The third-order valence-corrected chi connectivity index (χ3v) is 2.72. The molecule has 1 rings (SSSR count). The molecular formula is C9H10Br2. The van der Waals surface area contributed by atoms with Crippen LogP contribution >= 0.6 is 31.9 Å². The summed E-state index contributed by atoms with van der Waals surface area (Å²) in [5.74, 6) is 0. The van der Waals surface area contributed by atoms with Crippen molar-refractivity contribution in [2.24, 2.45) is 0 Å². The molecule has 0 aliphatic carbocycles. The predicted octanol–water partition coefficient (Wildman–Crippen LogP) is 4.04. The van der Waals surface area contributed by atoms with E-state index in [1.165, 1.54) is 11.1 Å². The van der Waals surface area contributed by atoms with Gasteiger partial charge >= 0.3 is 0 Å². The molecule has 0 bridgehead atoms. The van der Waals surface area contributed by atoms with E-state index >= 15 is 0 Å². The maximum Gasteiger partial charge on any atom is 0.0370 e. The lowest BCUT2D eigenvalue weighted by molar-refractivity contribution is 1.09. The Hall–Kier alpha value is 0.180. The summed E-state index contributed by atoms with van der Waals surface area (Å²) in [6.45, 7) is 2.14. The molecule has 0 heterocycles. The minimum Gasteiger partial charge on any atom is -0.0876 e. The van der Waals surface area contributed by atoms with Crippen LogP contribution in [0.25, 0.3) is 0 Å². The van der Waals surface area contributed by atoms with Gasteiger partial charge in [0, 0.05) is 10.2 Å². The molecule has 0 unspecified atom stereocenters. The molecule has 0 spiro atoms. The maximum absolute atomic E-state index is 3.55. The van der Waals surface area contributed by atoms with E-state index in [9.17, 15) is 0 Å². The quantitative estimate of drug-likeness (QED) is 0.716.